The van der Waals surface area contributed by atoms with Crippen molar-refractivity contribution in [3.05, 3.63) is 42.2 Å². The van der Waals surface area contributed by atoms with Gasteiger partial charge in [-0.05, 0) is 37.0 Å². The van der Waals surface area contributed by atoms with E-state index in [9.17, 15) is 13.2 Å². The van der Waals surface area contributed by atoms with E-state index in [1.165, 1.54) is 0 Å². The minimum atomic E-state index is -4.51. The summed E-state index contributed by atoms with van der Waals surface area (Å²) >= 11 is 0. The number of aryl methyl sites for hydroxylation is 1. The molecular formula is C21H24F3N7O2. The van der Waals surface area contributed by atoms with E-state index in [0.29, 0.717) is 18.8 Å². The smallest absolute Gasteiger partial charge is 0.422 e. The molecule has 0 saturated carbocycles. The van der Waals surface area contributed by atoms with Crippen LogP contribution in [0.4, 0.5) is 30.8 Å². The summed E-state index contributed by atoms with van der Waals surface area (Å²) in [5, 5.41) is 10.3. The molecule has 2 aliphatic rings. The first kappa shape index (κ1) is 22.6. The standard InChI is InChI=1S/C21H24F3N7O2/c22-21(23,24)14-33-20-29-18-25-11-15-5-7-17(8-6-15)32-10-4-2-1-3-9-31-13-16(12-26-31)27-19(28-18)30-20/h5-8,12-13H,1-4,9-11,14H2,(H2,25,27,28,29,30). The van der Waals surface area contributed by atoms with Gasteiger partial charge in [-0.1, -0.05) is 18.6 Å². The quantitative estimate of drug-likeness (QED) is 0.580. The van der Waals surface area contributed by atoms with Crippen molar-refractivity contribution in [2.45, 2.75) is 44.9 Å². The zero-order chi connectivity index (χ0) is 23.1. The summed E-state index contributed by atoms with van der Waals surface area (Å²) in [5.41, 5.74) is 1.53. The lowest BCUT2D eigenvalue weighted by molar-refractivity contribution is -0.154. The number of hydrogen-bond acceptors (Lipinski definition) is 8. The van der Waals surface area contributed by atoms with Crippen molar-refractivity contribution in [1.29, 1.82) is 0 Å². The Labute approximate surface area is 188 Å². The fourth-order valence-electron chi connectivity index (χ4n) is 3.19. The monoisotopic (exact) mass is 463 g/mol. The molecule has 0 fully saturated rings. The molecule has 5 rings (SSSR count). The second-order valence-electron chi connectivity index (χ2n) is 7.55. The van der Waals surface area contributed by atoms with Crippen LogP contribution in [0.5, 0.6) is 11.8 Å². The zero-order valence-electron chi connectivity index (χ0n) is 17.8. The predicted octanol–water partition coefficient (Wildman–Crippen LogP) is 4.32. The van der Waals surface area contributed by atoms with Gasteiger partial charge in [0.1, 0.15) is 5.75 Å². The molecule has 3 aromatic rings. The Hall–Kier alpha value is -3.57. The number of aromatic nitrogens is 5. The summed E-state index contributed by atoms with van der Waals surface area (Å²) in [6.45, 7) is 0.241. The van der Waals surface area contributed by atoms with Gasteiger partial charge in [0, 0.05) is 19.3 Å². The van der Waals surface area contributed by atoms with E-state index in [1.807, 2.05) is 24.3 Å². The molecular weight excluding hydrogens is 439 g/mol. The number of ether oxygens (including phenoxy) is 2. The normalized spacial score (nSPS) is 15.1. The molecule has 33 heavy (non-hydrogen) atoms. The van der Waals surface area contributed by atoms with Crippen LogP contribution in [0.1, 0.15) is 31.2 Å². The lowest BCUT2D eigenvalue weighted by Gasteiger charge is -2.12. The number of halogens is 3. The summed E-state index contributed by atoms with van der Waals surface area (Å²) < 4.78 is 50.1. The molecule has 9 nitrogen and oxygen atoms in total. The van der Waals surface area contributed by atoms with E-state index < -0.39 is 18.8 Å². The maximum absolute atomic E-state index is 12.6. The van der Waals surface area contributed by atoms with Gasteiger partial charge in [0.25, 0.3) is 0 Å². The summed E-state index contributed by atoms with van der Waals surface area (Å²) in [4.78, 5) is 12.2. The van der Waals surface area contributed by atoms with Crippen molar-refractivity contribution in [3.8, 4) is 11.8 Å². The van der Waals surface area contributed by atoms with Gasteiger partial charge < -0.3 is 20.1 Å². The van der Waals surface area contributed by atoms with Crippen molar-refractivity contribution < 1.29 is 22.6 Å². The van der Waals surface area contributed by atoms with E-state index >= 15 is 0 Å². The third-order valence-electron chi connectivity index (χ3n) is 4.79. The molecule has 0 spiro atoms. The lowest BCUT2D eigenvalue weighted by Crippen LogP contribution is -2.20. The highest BCUT2D eigenvalue weighted by Crippen LogP contribution is 2.21. The average molecular weight is 463 g/mol. The molecule has 0 atom stereocenters. The maximum atomic E-state index is 12.6. The van der Waals surface area contributed by atoms with Gasteiger partial charge >= 0.3 is 12.2 Å². The van der Waals surface area contributed by atoms with Crippen LogP contribution in [0.2, 0.25) is 0 Å². The average Bonchev–Trinajstić information content (AvgIpc) is 3.22. The first-order valence-corrected chi connectivity index (χ1v) is 10.6. The van der Waals surface area contributed by atoms with E-state index in [2.05, 4.69) is 30.7 Å². The van der Waals surface area contributed by atoms with Crippen molar-refractivity contribution in [3.63, 3.8) is 0 Å². The third kappa shape index (κ3) is 7.22. The van der Waals surface area contributed by atoms with Crippen LogP contribution in [0, 0.1) is 0 Å². The fourth-order valence-corrected chi connectivity index (χ4v) is 3.19. The van der Waals surface area contributed by atoms with Gasteiger partial charge in [-0.25, -0.2) is 0 Å². The number of nitrogens with one attached hydrogen (secondary N) is 2. The van der Waals surface area contributed by atoms with E-state index in [1.54, 1.807) is 17.1 Å². The minimum Gasteiger partial charge on any atom is -0.494 e. The molecule has 176 valence electrons. The highest BCUT2D eigenvalue weighted by molar-refractivity contribution is 5.52. The minimum absolute atomic E-state index is 0.0439. The lowest BCUT2D eigenvalue weighted by atomic mass is 10.2. The summed E-state index contributed by atoms with van der Waals surface area (Å²) in [6.07, 6.45) is 2.93. The van der Waals surface area contributed by atoms with Gasteiger partial charge in [0.05, 0.1) is 18.5 Å². The Bertz CT molecular complexity index is 1040. The summed E-state index contributed by atoms with van der Waals surface area (Å²) in [7, 11) is 0. The Balaban J connectivity index is 1.56. The van der Waals surface area contributed by atoms with Crippen molar-refractivity contribution in [1.82, 2.24) is 24.7 Å². The first-order chi connectivity index (χ1) is 15.9. The number of benzene rings is 1. The van der Waals surface area contributed by atoms with Gasteiger partial charge in [-0.3, -0.25) is 4.68 Å². The molecule has 6 bridgehead atoms. The predicted molar refractivity (Wildman–Crippen MR) is 115 cm³/mol. The van der Waals surface area contributed by atoms with Crippen LogP contribution >= 0.6 is 0 Å². The van der Waals surface area contributed by atoms with Crippen molar-refractivity contribution in [2.75, 3.05) is 23.8 Å². The number of hydrogen-bond donors (Lipinski definition) is 2. The van der Waals surface area contributed by atoms with Crippen LogP contribution in [-0.4, -0.2) is 44.1 Å². The summed E-state index contributed by atoms with van der Waals surface area (Å²) in [6, 6.07) is 7.11. The molecule has 4 heterocycles. The van der Waals surface area contributed by atoms with Crippen LogP contribution < -0.4 is 20.1 Å². The molecule has 0 unspecified atom stereocenters. The molecule has 1 aromatic carbocycles. The van der Waals surface area contributed by atoms with E-state index in [-0.39, 0.29) is 11.9 Å². The fraction of sp³-hybridized carbons (Fsp3) is 0.429. The van der Waals surface area contributed by atoms with Crippen LogP contribution in [0.25, 0.3) is 0 Å². The van der Waals surface area contributed by atoms with E-state index in [4.69, 9.17) is 9.47 Å². The highest BCUT2D eigenvalue weighted by Gasteiger charge is 2.29. The topological polar surface area (TPSA) is 99.0 Å². The second kappa shape index (κ2) is 10.4. The van der Waals surface area contributed by atoms with Crippen LogP contribution in [0.15, 0.2) is 36.7 Å². The number of anilines is 3. The Morgan fingerprint density at radius 1 is 1.00 bits per heavy atom. The summed E-state index contributed by atoms with van der Waals surface area (Å²) in [5.74, 6) is 0.904. The number of alkyl halides is 3. The molecule has 0 amide bonds. The molecule has 2 aromatic heterocycles. The van der Waals surface area contributed by atoms with Gasteiger partial charge in [-0.2, -0.15) is 33.2 Å². The highest BCUT2D eigenvalue weighted by atomic mass is 19.4. The number of nitrogens with zero attached hydrogens (tertiary/aromatic N) is 5. The van der Waals surface area contributed by atoms with E-state index in [0.717, 1.165) is 43.5 Å². The Kier molecular flexibility index (Phi) is 7.10. The first-order valence-electron chi connectivity index (χ1n) is 10.6. The zero-order valence-corrected chi connectivity index (χ0v) is 17.8. The maximum Gasteiger partial charge on any atom is 0.422 e. The molecule has 2 N–H and O–H groups in total. The van der Waals surface area contributed by atoms with Gasteiger partial charge in [0.15, 0.2) is 6.61 Å². The molecule has 12 heteroatoms. The second-order valence-corrected chi connectivity index (χ2v) is 7.55. The van der Waals surface area contributed by atoms with Crippen LogP contribution in [-0.2, 0) is 13.1 Å². The third-order valence-corrected chi connectivity index (χ3v) is 4.79. The SMILES string of the molecule is FC(F)(F)COc1nc2nc(n1)Nc1cnn(c1)CCCCCCOc1ccc(cc1)CN2. The van der Waals surface area contributed by atoms with Gasteiger partial charge in [-0.15, -0.1) is 0 Å². The molecule has 2 aliphatic heterocycles. The van der Waals surface area contributed by atoms with Gasteiger partial charge in [0.2, 0.25) is 11.9 Å². The Morgan fingerprint density at radius 3 is 2.61 bits per heavy atom. The Morgan fingerprint density at radius 2 is 1.79 bits per heavy atom. The number of rotatable bonds is 2. The molecule has 0 saturated heterocycles. The van der Waals surface area contributed by atoms with Crippen molar-refractivity contribution >= 4 is 17.6 Å². The number of fused-ring (bicyclic) bond motifs is 9. The molecule has 0 radical (unpaired) electrons. The molecule has 0 aliphatic carbocycles. The van der Waals surface area contributed by atoms with Crippen LogP contribution in [0.3, 0.4) is 0 Å². The van der Waals surface area contributed by atoms with Crippen molar-refractivity contribution in [2.24, 2.45) is 0 Å². The largest absolute Gasteiger partial charge is 0.494 e.